The summed E-state index contributed by atoms with van der Waals surface area (Å²) in [5, 5.41) is 0. The summed E-state index contributed by atoms with van der Waals surface area (Å²) in [5.74, 6) is 0. The van der Waals surface area contributed by atoms with Crippen LogP contribution in [0.15, 0.2) is 30.3 Å². The molecule has 1 aromatic rings. The second-order valence-electron chi connectivity index (χ2n) is 1.41. The molecule has 0 fully saturated rings. The fourth-order valence-corrected chi connectivity index (χ4v) is 0.453. The van der Waals surface area contributed by atoms with Crippen LogP contribution >= 0.6 is 0 Å². The van der Waals surface area contributed by atoms with Crippen molar-refractivity contribution in [3.63, 3.8) is 0 Å². The maximum absolute atomic E-state index is 5.36. The van der Waals surface area contributed by atoms with Gasteiger partial charge in [0.25, 0.3) is 0 Å². The predicted molar refractivity (Wildman–Crippen MR) is 42.2 cm³/mol. The van der Waals surface area contributed by atoms with Crippen LogP contribution in [-0.4, -0.2) is 11.0 Å². The van der Waals surface area contributed by atoms with Gasteiger partial charge in [0, 0.05) is 5.69 Å². The summed E-state index contributed by atoms with van der Waals surface area (Å²) < 4.78 is 0. The lowest BCUT2D eigenvalue weighted by atomic mass is 10.3. The van der Waals surface area contributed by atoms with Gasteiger partial charge in [-0.2, -0.15) is 0 Å². The highest BCUT2D eigenvalue weighted by Gasteiger charge is 1.72. The first-order valence-electron chi connectivity index (χ1n) is 2.20. The molecule has 0 unspecified atom stereocenters. The number of hydrogen-bond acceptors (Lipinski definition) is 1. The van der Waals surface area contributed by atoms with Crippen molar-refractivity contribution in [3.8, 4) is 0 Å². The van der Waals surface area contributed by atoms with E-state index in [0.29, 0.717) is 0 Å². The van der Waals surface area contributed by atoms with Crippen LogP contribution in [0.5, 0.6) is 0 Å². The molecule has 2 N–H and O–H groups in total. The molecule has 0 amide bonds. The Hall–Kier alpha value is -0.763. The van der Waals surface area contributed by atoms with Crippen LogP contribution in [-0.2, 0) is 0 Å². The molecule has 0 radical (unpaired) electrons. The highest BCUT2D eigenvalue weighted by molar-refractivity contribution is 5.75. The fourth-order valence-electron chi connectivity index (χ4n) is 0.453. The Morgan fingerprint density at radius 3 is 1.75 bits per heavy atom. The molecule has 1 aromatic carbocycles. The van der Waals surface area contributed by atoms with Crippen molar-refractivity contribution < 1.29 is 0 Å². The molecule has 0 bridgehead atoms. The van der Waals surface area contributed by atoms with E-state index >= 15 is 0 Å². The summed E-state index contributed by atoms with van der Waals surface area (Å²) in [6.07, 6.45) is 0. The minimum atomic E-state index is 0. The molecule has 0 aliphatic carbocycles. The zero-order chi connectivity index (χ0) is 5.11. The minimum Gasteiger partial charge on any atom is -0.399 e. The topological polar surface area (TPSA) is 26.0 Å². The second-order valence-corrected chi connectivity index (χ2v) is 1.41. The zero-order valence-corrected chi connectivity index (χ0v) is 3.96. The molecule has 0 saturated carbocycles. The summed E-state index contributed by atoms with van der Waals surface area (Å²) in [6, 6.07) is 9.49. The lowest BCUT2D eigenvalue weighted by molar-refractivity contribution is 1.69. The maximum Gasteiger partial charge on any atom is 0.0313 e. The molecule has 2 heteroatoms. The van der Waals surface area contributed by atoms with Crippen LogP contribution in [0, 0.1) is 0 Å². The number of benzene rings is 1. The van der Waals surface area contributed by atoms with Gasteiger partial charge in [-0.3, -0.25) is 0 Å². The SMILES string of the molecule is Nc1ccccc1.[SiH4]. The number of nitrogen functional groups attached to an aromatic ring is 1. The number of rotatable bonds is 0. The largest absolute Gasteiger partial charge is 0.399 e. The molecule has 0 spiro atoms. The van der Waals surface area contributed by atoms with Gasteiger partial charge in [0.2, 0.25) is 0 Å². The van der Waals surface area contributed by atoms with Gasteiger partial charge < -0.3 is 5.73 Å². The minimum absolute atomic E-state index is 0. The van der Waals surface area contributed by atoms with E-state index in [1.807, 2.05) is 30.3 Å². The lowest BCUT2D eigenvalue weighted by Crippen LogP contribution is -1.79. The quantitative estimate of drug-likeness (QED) is 0.378. The Bertz CT molecular complexity index is 138. The lowest BCUT2D eigenvalue weighted by Gasteiger charge is -1.83. The smallest absolute Gasteiger partial charge is 0.0313 e. The zero-order valence-electron chi connectivity index (χ0n) is 3.96. The van der Waals surface area contributed by atoms with E-state index in [2.05, 4.69) is 0 Å². The fraction of sp³-hybridized carbons (Fsp3) is 0. The third-order valence-corrected chi connectivity index (χ3v) is 0.800. The predicted octanol–water partition coefficient (Wildman–Crippen LogP) is -0.183. The van der Waals surface area contributed by atoms with Crippen molar-refractivity contribution in [1.82, 2.24) is 0 Å². The van der Waals surface area contributed by atoms with Crippen LogP contribution in [0.3, 0.4) is 0 Å². The Kier molecular flexibility index (Phi) is 2.95. The first-order valence-corrected chi connectivity index (χ1v) is 2.20. The van der Waals surface area contributed by atoms with Gasteiger partial charge in [0.1, 0.15) is 0 Å². The van der Waals surface area contributed by atoms with Crippen molar-refractivity contribution in [2.75, 3.05) is 5.73 Å². The molecule has 0 aliphatic rings. The number of para-hydroxylation sites is 1. The van der Waals surface area contributed by atoms with E-state index in [4.69, 9.17) is 5.73 Å². The average Bonchev–Trinajstić information content (AvgIpc) is 1.69. The van der Waals surface area contributed by atoms with Gasteiger partial charge >= 0.3 is 0 Å². The van der Waals surface area contributed by atoms with Crippen LogP contribution in [0.2, 0.25) is 0 Å². The molecule has 44 valence electrons. The van der Waals surface area contributed by atoms with E-state index in [0.717, 1.165) is 5.69 Å². The standard InChI is InChI=1S/C6H7N.H4Si/c7-6-4-2-1-3-5-6;/h1-5H,7H2;1H4. The number of anilines is 1. The molecule has 1 rings (SSSR count). The molecule has 0 heterocycles. The molecule has 0 atom stereocenters. The monoisotopic (exact) mass is 125 g/mol. The van der Waals surface area contributed by atoms with Gasteiger partial charge in [0.15, 0.2) is 0 Å². The van der Waals surface area contributed by atoms with Gasteiger partial charge in [-0.15, -0.1) is 0 Å². The second kappa shape index (κ2) is 3.27. The molecule has 0 aromatic heterocycles. The van der Waals surface area contributed by atoms with Crippen LogP contribution in [0.1, 0.15) is 0 Å². The molecule has 1 nitrogen and oxygen atoms in total. The molecular formula is C6H11NSi. The normalized spacial score (nSPS) is 7.50. The highest BCUT2D eigenvalue weighted by Crippen LogP contribution is 1.95. The Morgan fingerprint density at radius 1 is 1.00 bits per heavy atom. The summed E-state index contributed by atoms with van der Waals surface area (Å²) in [4.78, 5) is 0. The van der Waals surface area contributed by atoms with Crippen molar-refractivity contribution in [2.24, 2.45) is 0 Å². The maximum atomic E-state index is 5.36. The van der Waals surface area contributed by atoms with Crippen LogP contribution in [0.4, 0.5) is 5.69 Å². The molecular weight excluding hydrogens is 114 g/mol. The summed E-state index contributed by atoms with van der Waals surface area (Å²) in [6.45, 7) is 0. The van der Waals surface area contributed by atoms with E-state index in [-0.39, 0.29) is 11.0 Å². The van der Waals surface area contributed by atoms with Crippen molar-refractivity contribution in [2.45, 2.75) is 0 Å². The van der Waals surface area contributed by atoms with Gasteiger partial charge in [-0.25, -0.2) is 0 Å². The van der Waals surface area contributed by atoms with E-state index < -0.39 is 0 Å². The van der Waals surface area contributed by atoms with Crippen LogP contribution < -0.4 is 5.73 Å². The first kappa shape index (κ1) is 7.24. The molecule has 0 saturated heterocycles. The highest BCUT2D eigenvalue weighted by atomic mass is 28.1. The molecule has 0 aliphatic heterocycles. The Balaban J connectivity index is 0.000000490. The third-order valence-electron chi connectivity index (χ3n) is 0.800. The summed E-state index contributed by atoms with van der Waals surface area (Å²) >= 11 is 0. The first-order chi connectivity index (χ1) is 3.39. The van der Waals surface area contributed by atoms with Crippen molar-refractivity contribution in [1.29, 1.82) is 0 Å². The van der Waals surface area contributed by atoms with Crippen molar-refractivity contribution in [3.05, 3.63) is 30.3 Å². The number of hydrogen-bond donors (Lipinski definition) is 1. The Morgan fingerprint density at radius 2 is 1.50 bits per heavy atom. The van der Waals surface area contributed by atoms with E-state index in [9.17, 15) is 0 Å². The summed E-state index contributed by atoms with van der Waals surface area (Å²) in [5.41, 5.74) is 6.18. The third kappa shape index (κ3) is 1.79. The Labute approximate surface area is 53.5 Å². The average molecular weight is 125 g/mol. The number of nitrogens with two attached hydrogens (primary N) is 1. The van der Waals surface area contributed by atoms with E-state index in [1.165, 1.54) is 0 Å². The van der Waals surface area contributed by atoms with Crippen LogP contribution in [0.25, 0.3) is 0 Å². The van der Waals surface area contributed by atoms with Crippen molar-refractivity contribution >= 4 is 16.7 Å². The molecule has 8 heavy (non-hydrogen) atoms. The van der Waals surface area contributed by atoms with Gasteiger partial charge in [0.05, 0.1) is 0 Å². The van der Waals surface area contributed by atoms with E-state index in [1.54, 1.807) is 0 Å². The van der Waals surface area contributed by atoms with Gasteiger partial charge in [-0.05, 0) is 23.1 Å². The van der Waals surface area contributed by atoms with Gasteiger partial charge in [-0.1, -0.05) is 18.2 Å². The summed E-state index contributed by atoms with van der Waals surface area (Å²) in [7, 11) is 0.